The van der Waals surface area contributed by atoms with Gasteiger partial charge in [-0.2, -0.15) is 0 Å². The highest BCUT2D eigenvalue weighted by molar-refractivity contribution is 6.30. The first-order valence-electron chi connectivity index (χ1n) is 7.19. The molecule has 0 N–H and O–H groups in total. The fraction of sp³-hybridized carbons (Fsp3) is 0.167. The highest BCUT2D eigenvalue weighted by Crippen LogP contribution is 2.42. The Hall–Kier alpha value is -2.66. The second kappa shape index (κ2) is 6.84. The molecule has 0 aliphatic carbocycles. The molecular formula is C18H16ClNO4. The van der Waals surface area contributed by atoms with Crippen molar-refractivity contribution in [2.24, 2.45) is 0 Å². The predicted molar refractivity (Wildman–Crippen MR) is 92.0 cm³/mol. The lowest BCUT2D eigenvalue weighted by Gasteiger charge is -2.12. The van der Waals surface area contributed by atoms with E-state index in [0.717, 1.165) is 5.56 Å². The van der Waals surface area contributed by atoms with E-state index in [1.807, 2.05) is 24.3 Å². The van der Waals surface area contributed by atoms with E-state index < -0.39 is 0 Å². The molecule has 0 bridgehead atoms. The molecule has 124 valence electrons. The Balaban J connectivity index is 2.07. The summed E-state index contributed by atoms with van der Waals surface area (Å²) in [5.74, 6) is 2.29. The van der Waals surface area contributed by atoms with Gasteiger partial charge >= 0.3 is 0 Å². The Morgan fingerprint density at radius 2 is 1.67 bits per heavy atom. The smallest absolute Gasteiger partial charge is 0.172 e. The van der Waals surface area contributed by atoms with E-state index in [9.17, 15) is 0 Å². The molecule has 0 saturated heterocycles. The van der Waals surface area contributed by atoms with Crippen molar-refractivity contribution in [1.82, 2.24) is 5.16 Å². The lowest BCUT2D eigenvalue weighted by atomic mass is 10.1. The Bertz CT molecular complexity index is 843. The molecule has 0 radical (unpaired) electrons. The van der Waals surface area contributed by atoms with Crippen LogP contribution in [0.25, 0.3) is 22.6 Å². The molecule has 1 heterocycles. The second-order valence-corrected chi connectivity index (χ2v) is 5.43. The number of methoxy groups -OCH3 is 3. The van der Waals surface area contributed by atoms with Crippen LogP contribution in [0.4, 0.5) is 0 Å². The van der Waals surface area contributed by atoms with Crippen molar-refractivity contribution in [3.63, 3.8) is 0 Å². The lowest BCUT2D eigenvalue weighted by molar-refractivity contribution is 0.348. The molecule has 2 aromatic carbocycles. The SMILES string of the molecule is COc1cc(OC)c(OC)c(-c2cc(-c3ccc(Cl)cc3)no2)c1. The fourth-order valence-corrected chi connectivity index (χ4v) is 2.52. The summed E-state index contributed by atoms with van der Waals surface area (Å²) in [5.41, 5.74) is 2.30. The molecule has 0 spiro atoms. The van der Waals surface area contributed by atoms with Crippen molar-refractivity contribution in [3.05, 3.63) is 47.5 Å². The molecule has 24 heavy (non-hydrogen) atoms. The van der Waals surface area contributed by atoms with Crippen molar-refractivity contribution in [2.45, 2.75) is 0 Å². The van der Waals surface area contributed by atoms with Gasteiger partial charge in [0.2, 0.25) is 0 Å². The zero-order valence-electron chi connectivity index (χ0n) is 13.5. The predicted octanol–water partition coefficient (Wildman–Crippen LogP) is 4.69. The van der Waals surface area contributed by atoms with Crippen molar-refractivity contribution < 1.29 is 18.7 Å². The van der Waals surface area contributed by atoms with Crippen molar-refractivity contribution in [1.29, 1.82) is 0 Å². The molecule has 0 unspecified atom stereocenters. The molecule has 0 atom stereocenters. The van der Waals surface area contributed by atoms with E-state index in [2.05, 4.69) is 5.16 Å². The highest BCUT2D eigenvalue weighted by atomic mass is 35.5. The Labute approximate surface area is 144 Å². The third kappa shape index (κ3) is 3.03. The van der Waals surface area contributed by atoms with Crippen LogP contribution < -0.4 is 14.2 Å². The highest BCUT2D eigenvalue weighted by Gasteiger charge is 2.19. The molecule has 0 aliphatic heterocycles. The van der Waals surface area contributed by atoms with Gasteiger partial charge in [0.05, 0.1) is 26.9 Å². The molecule has 0 aliphatic rings. The number of nitrogens with zero attached hydrogens (tertiary/aromatic N) is 1. The van der Waals surface area contributed by atoms with Gasteiger partial charge in [0.15, 0.2) is 17.3 Å². The maximum atomic E-state index is 5.92. The average Bonchev–Trinajstić information content (AvgIpc) is 3.11. The molecule has 0 fully saturated rings. The van der Waals surface area contributed by atoms with Gasteiger partial charge in [0, 0.05) is 22.7 Å². The van der Waals surface area contributed by atoms with Crippen LogP contribution in [-0.4, -0.2) is 26.5 Å². The molecule has 6 heteroatoms. The normalized spacial score (nSPS) is 10.5. The Kier molecular flexibility index (Phi) is 4.62. The molecule has 3 rings (SSSR count). The lowest BCUT2D eigenvalue weighted by Crippen LogP contribution is -1.95. The minimum Gasteiger partial charge on any atom is -0.497 e. The maximum absolute atomic E-state index is 5.92. The van der Waals surface area contributed by atoms with E-state index >= 15 is 0 Å². The first-order chi connectivity index (χ1) is 11.7. The van der Waals surface area contributed by atoms with Crippen molar-refractivity contribution in [2.75, 3.05) is 21.3 Å². The summed E-state index contributed by atoms with van der Waals surface area (Å²) in [6.45, 7) is 0. The molecular weight excluding hydrogens is 330 g/mol. The van der Waals surface area contributed by atoms with Crippen LogP contribution >= 0.6 is 11.6 Å². The molecule has 0 saturated carbocycles. The number of ether oxygens (including phenoxy) is 3. The largest absolute Gasteiger partial charge is 0.497 e. The summed E-state index contributed by atoms with van der Waals surface area (Å²) in [6.07, 6.45) is 0. The number of aromatic nitrogens is 1. The summed E-state index contributed by atoms with van der Waals surface area (Å²) in [5, 5.41) is 4.79. The van der Waals surface area contributed by atoms with Gasteiger partial charge in [-0.1, -0.05) is 28.9 Å². The number of halogens is 1. The molecule has 0 amide bonds. The van der Waals surface area contributed by atoms with Crippen molar-refractivity contribution in [3.8, 4) is 39.8 Å². The summed E-state index contributed by atoms with van der Waals surface area (Å²) in [4.78, 5) is 0. The van der Waals surface area contributed by atoms with Gasteiger partial charge in [0.1, 0.15) is 11.4 Å². The van der Waals surface area contributed by atoms with E-state index in [0.29, 0.717) is 39.3 Å². The molecule has 3 aromatic rings. The topological polar surface area (TPSA) is 53.7 Å². The second-order valence-electron chi connectivity index (χ2n) is 4.99. The van der Waals surface area contributed by atoms with Crippen LogP contribution in [0.3, 0.4) is 0 Å². The minimum absolute atomic E-state index is 0.550. The van der Waals surface area contributed by atoms with Crippen LogP contribution in [0.15, 0.2) is 47.0 Å². The maximum Gasteiger partial charge on any atom is 0.172 e. The Morgan fingerprint density at radius 3 is 2.29 bits per heavy atom. The number of rotatable bonds is 5. The van der Waals surface area contributed by atoms with Gasteiger partial charge in [-0.05, 0) is 18.2 Å². The number of hydrogen-bond acceptors (Lipinski definition) is 5. The summed E-state index contributed by atoms with van der Waals surface area (Å²) >= 11 is 5.92. The van der Waals surface area contributed by atoms with Gasteiger partial charge in [0.25, 0.3) is 0 Å². The van der Waals surface area contributed by atoms with E-state index in [1.54, 1.807) is 39.5 Å². The molecule has 5 nitrogen and oxygen atoms in total. The standard InChI is InChI=1S/C18H16ClNO4/c1-21-13-8-14(18(23-3)17(9-13)22-2)16-10-15(20-24-16)11-4-6-12(19)7-5-11/h4-10H,1-3H3. The van der Waals surface area contributed by atoms with Crippen LogP contribution in [0.2, 0.25) is 5.02 Å². The zero-order chi connectivity index (χ0) is 17.1. The number of hydrogen-bond donors (Lipinski definition) is 0. The van der Waals surface area contributed by atoms with Gasteiger partial charge in [-0.3, -0.25) is 0 Å². The molecule has 1 aromatic heterocycles. The van der Waals surface area contributed by atoms with E-state index in [4.69, 9.17) is 30.3 Å². The van der Waals surface area contributed by atoms with Crippen LogP contribution in [-0.2, 0) is 0 Å². The number of benzene rings is 2. The third-order valence-corrected chi connectivity index (χ3v) is 3.86. The first-order valence-corrected chi connectivity index (χ1v) is 7.57. The van der Waals surface area contributed by atoms with Crippen molar-refractivity contribution >= 4 is 11.6 Å². The third-order valence-electron chi connectivity index (χ3n) is 3.60. The minimum atomic E-state index is 0.550. The average molecular weight is 346 g/mol. The summed E-state index contributed by atoms with van der Waals surface area (Å²) in [7, 11) is 4.73. The zero-order valence-corrected chi connectivity index (χ0v) is 14.3. The summed E-state index contributed by atoms with van der Waals surface area (Å²) < 4.78 is 21.6. The first kappa shape index (κ1) is 16.2. The van der Waals surface area contributed by atoms with E-state index in [-0.39, 0.29) is 0 Å². The van der Waals surface area contributed by atoms with Crippen LogP contribution in [0.1, 0.15) is 0 Å². The van der Waals surface area contributed by atoms with Crippen LogP contribution in [0, 0.1) is 0 Å². The van der Waals surface area contributed by atoms with Gasteiger partial charge in [-0.25, -0.2) is 0 Å². The van der Waals surface area contributed by atoms with E-state index in [1.165, 1.54) is 0 Å². The quantitative estimate of drug-likeness (QED) is 0.671. The van der Waals surface area contributed by atoms with Gasteiger partial charge < -0.3 is 18.7 Å². The van der Waals surface area contributed by atoms with Crippen LogP contribution in [0.5, 0.6) is 17.2 Å². The fourth-order valence-electron chi connectivity index (χ4n) is 2.40. The monoisotopic (exact) mass is 345 g/mol. The Morgan fingerprint density at radius 1 is 0.917 bits per heavy atom. The summed E-state index contributed by atoms with van der Waals surface area (Å²) in [6, 6.07) is 12.8. The van der Waals surface area contributed by atoms with Gasteiger partial charge in [-0.15, -0.1) is 0 Å².